The Hall–Kier alpha value is -1.11. The van der Waals surface area contributed by atoms with E-state index in [0.29, 0.717) is 0 Å². The molecule has 0 amide bonds. The van der Waals surface area contributed by atoms with Crippen molar-refractivity contribution in [2.75, 3.05) is 0 Å². The van der Waals surface area contributed by atoms with Gasteiger partial charge in [0.1, 0.15) is 5.82 Å². The largest absolute Gasteiger partial charge is 0.207 e. The van der Waals surface area contributed by atoms with Gasteiger partial charge in [-0.05, 0) is 30.5 Å². The maximum atomic E-state index is 12.6. The smallest absolute Gasteiger partial charge is 0.123 e. The predicted octanol–water partition coefficient (Wildman–Crippen LogP) is 2.94. The number of hydrogen-bond acceptors (Lipinski definition) is 0. The second kappa shape index (κ2) is 3.91. The Morgan fingerprint density at radius 2 is 2.27 bits per heavy atom. The van der Waals surface area contributed by atoms with E-state index in [2.05, 4.69) is 6.58 Å². The van der Waals surface area contributed by atoms with Gasteiger partial charge >= 0.3 is 0 Å². The molecule has 1 aromatic rings. The van der Waals surface area contributed by atoms with Crippen LogP contribution in [0, 0.1) is 5.82 Å². The van der Waals surface area contributed by atoms with Crippen LogP contribution < -0.4 is 0 Å². The van der Waals surface area contributed by atoms with Crippen LogP contribution in [-0.2, 0) is 6.42 Å². The van der Waals surface area contributed by atoms with Crippen LogP contribution in [0.3, 0.4) is 0 Å². The summed E-state index contributed by atoms with van der Waals surface area (Å²) in [6, 6.07) is 6.67. The molecule has 0 aliphatic carbocycles. The molecule has 0 N–H and O–H groups in total. The molecule has 1 rings (SSSR count). The Labute approximate surface area is 66.4 Å². The minimum Gasteiger partial charge on any atom is -0.207 e. The molecular formula is C10H11F. The fourth-order valence-corrected chi connectivity index (χ4v) is 0.961. The van der Waals surface area contributed by atoms with E-state index in [1.54, 1.807) is 12.1 Å². The van der Waals surface area contributed by atoms with Gasteiger partial charge in [0.15, 0.2) is 0 Å². The monoisotopic (exact) mass is 150 g/mol. The van der Waals surface area contributed by atoms with E-state index in [0.717, 1.165) is 18.4 Å². The zero-order valence-electron chi connectivity index (χ0n) is 6.39. The van der Waals surface area contributed by atoms with Crippen LogP contribution in [0.2, 0.25) is 0 Å². The van der Waals surface area contributed by atoms with E-state index >= 15 is 0 Å². The van der Waals surface area contributed by atoms with Crippen molar-refractivity contribution in [2.24, 2.45) is 0 Å². The molecule has 0 atom stereocenters. The molecule has 0 bridgehead atoms. The number of aryl methyl sites for hydroxylation is 1. The number of rotatable bonds is 3. The summed E-state index contributed by atoms with van der Waals surface area (Å²) in [6.07, 6.45) is 3.62. The molecule has 0 saturated heterocycles. The van der Waals surface area contributed by atoms with Crippen molar-refractivity contribution in [1.82, 2.24) is 0 Å². The fraction of sp³-hybridized carbons (Fsp3) is 0.200. The molecule has 1 heteroatoms. The zero-order chi connectivity index (χ0) is 8.10. The van der Waals surface area contributed by atoms with E-state index in [-0.39, 0.29) is 5.82 Å². The van der Waals surface area contributed by atoms with Crippen molar-refractivity contribution in [3.05, 3.63) is 48.3 Å². The molecule has 11 heavy (non-hydrogen) atoms. The number of hydrogen-bond donors (Lipinski definition) is 0. The molecule has 0 radical (unpaired) electrons. The topological polar surface area (TPSA) is 0 Å². The lowest BCUT2D eigenvalue weighted by Gasteiger charge is -1.96. The molecule has 0 aliphatic rings. The summed E-state index contributed by atoms with van der Waals surface area (Å²) < 4.78 is 12.6. The average Bonchev–Trinajstić information content (AvgIpc) is 2.01. The van der Waals surface area contributed by atoms with Gasteiger partial charge in [-0.2, -0.15) is 0 Å². The van der Waals surface area contributed by atoms with Crippen molar-refractivity contribution in [2.45, 2.75) is 12.8 Å². The first kappa shape index (κ1) is 7.99. The van der Waals surface area contributed by atoms with Gasteiger partial charge in [-0.15, -0.1) is 6.58 Å². The molecule has 0 heterocycles. The highest BCUT2D eigenvalue weighted by atomic mass is 19.1. The summed E-state index contributed by atoms with van der Waals surface area (Å²) in [7, 11) is 0. The van der Waals surface area contributed by atoms with Crippen LogP contribution in [-0.4, -0.2) is 0 Å². The van der Waals surface area contributed by atoms with Gasteiger partial charge in [0.05, 0.1) is 0 Å². The third-order valence-electron chi connectivity index (χ3n) is 1.53. The van der Waals surface area contributed by atoms with Crippen molar-refractivity contribution < 1.29 is 4.39 Å². The van der Waals surface area contributed by atoms with Crippen molar-refractivity contribution in [1.29, 1.82) is 0 Å². The first-order valence-electron chi connectivity index (χ1n) is 3.68. The SMILES string of the molecule is C=CCCc1cccc(F)c1. The van der Waals surface area contributed by atoms with E-state index in [4.69, 9.17) is 0 Å². The van der Waals surface area contributed by atoms with Crippen LogP contribution in [0.1, 0.15) is 12.0 Å². The molecule has 0 aromatic heterocycles. The maximum Gasteiger partial charge on any atom is 0.123 e. The first-order chi connectivity index (χ1) is 5.33. The van der Waals surface area contributed by atoms with Gasteiger partial charge in [-0.3, -0.25) is 0 Å². The lowest BCUT2D eigenvalue weighted by atomic mass is 10.1. The van der Waals surface area contributed by atoms with Crippen LogP contribution in [0.25, 0.3) is 0 Å². The summed E-state index contributed by atoms with van der Waals surface area (Å²) in [5.41, 5.74) is 1.03. The van der Waals surface area contributed by atoms with Gasteiger partial charge in [0, 0.05) is 0 Å². The minimum absolute atomic E-state index is 0.161. The second-order valence-electron chi connectivity index (χ2n) is 2.46. The quantitative estimate of drug-likeness (QED) is 0.581. The van der Waals surface area contributed by atoms with Gasteiger partial charge < -0.3 is 0 Å². The highest BCUT2D eigenvalue weighted by Crippen LogP contribution is 2.05. The highest BCUT2D eigenvalue weighted by molar-refractivity contribution is 5.16. The second-order valence-corrected chi connectivity index (χ2v) is 2.46. The molecule has 58 valence electrons. The minimum atomic E-state index is -0.161. The molecule has 0 spiro atoms. The summed E-state index contributed by atoms with van der Waals surface area (Å²) in [6.45, 7) is 3.60. The molecule has 0 nitrogen and oxygen atoms in total. The summed E-state index contributed by atoms with van der Waals surface area (Å²) >= 11 is 0. The summed E-state index contributed by atoms with van der Waals surface area (Å²) in [5, 5.41) is 0. The van der Waals surface area contributed by atoms with Crippen molar-refractivity contribution >= 4 is 0 Å². The molecule has 0 aliphatic heterocycles. The number of benzene rings is 1. The van der Waals surface area contributed by atoms with Crippen molar-refractivity contribution in [3.8, 4) is 0 Å². The zero-order valence-corrected chi connectivity index (χ0v) is 6.39. The predicted molar refractivity (Wildman–Crippen MR) is 44.9 cm³/mol. The molecule has 0 fully saturated rings. The van der Waals surface area contributed by atoms with Gasteiger partial charge in [-0.25, -0.2) is 4.39 Å². The van der Waals surface area contributed by atoms with Crippen LogP contribution in [0.5, 0.6) is 0 Å². The average molecular weight is 150 g/mol. The lowest BCUT2D eigenvalue weighted by molar-refractivity contribution is 0.625. The number of halogens is 1. The fourth-order valence-electron chi connectivity index (χ4n) is 0.961. The Bertz CT molecular complexity index is 240. The van der Waals surface area contributed by atoms with Crippen molar-refractivity contribution in [3.63, 3.8) is 0 Å². The Morgan fingerprint density at radius 1 is 1.45 bits per heavy atom. The van der Waals surface area contributed by atoms with Gasteiger partial charge in [0.25, 0.3) is 0 Å². The Balaban J connectivity index is 2.63. The number of allylic oxidation sites excluding steroid dienone is 1. The van der Waals surface area contributed by atoms with Crippen LogP contribution in [0.15, 0.2) is 36.9 Å². The molecule has 0 saturated carbocycles. The summed E-state index contributed by atoms with van der Waals surface area (Å²) in [5.74, 6) is -0.161. The van der Waals surface area contributed by atoms with Gasteiger partial charge in [-0.1, -0.05) is 18.2 Å². The highest BCUT2D eigenvalue weighted by Gasteiger charge is 1.92. The van der Waals surface area contributed by atoms with E-state index < -0.39 is 0 Å². The van der Waals surface area contributed by atoms with Crippen LogP contribution in [0.4, 0.5) is 4.39 Å². The molecule has 0 unspecified atom stereocenters. The van der Waals surface area contributed by atoms with E-state index in [1.807, 2.05) is 12.1 Å². The third kappa shape index (κ3) is 2.54. The standard InChI is InChI=1S/C10H11F/c1-2-3-5-9-6-4-7-10(11)8-9/h2,4,6-8H,1,3,5H2. The Morgan fingerprint density at radius 3 is 2.91 bits per heavy atom. The van der Waals surface area contributed by atoms with E-state index in [9.17, 15) is 4.39 Å². The third-order valence-corrected chi connectivity index (χ3v) is 1.53. The van der Waals surface area contributed by atoms with Gasteiger partial charge in [0.2, 0.25) is 0 Å². The Kier molecular flexibility index (Phi) is 2.84. The maximum absolute atomic E-state index is 12.6. The first-order valence-corrected chi connectivity index (χ1v) is 3.68. The molecule has 1 aromatic carbocycles. The van der Waals surface area contributed by atoms with Crippen LogP contribution >= 0.6 is 0 Å². The normalized spacial score (nSPS) is 9.55. The summed E-state index contributed by atoms with van der Waals surface area (Å²) in [4.78, 5) is 0. The molecular weight excluding hydrogens is 139 g/mol. The lowest BCUT2D eigenvalue weighted by Crippen LogP contribution is -1.83. The van der Waals surface area contributed by atoms with E-state index in [1.165, 1.54) is 6.07 Å².